The smallest absolute Gasteiger partial charge is 0.334 e. The molecule has 2 amide bonds. The average Bonchev–Trinajstić information content (AvgIpc) is 2.44. The maximum atomic E-state index is 12.5. The third-order valence-corrected chi connectivity index (χ3v) is 4.92. The molecule has 1 aromatic carbocycles. The van der Waals surface area contributed by atoms with Crippen LogP contribution in [0.4, 0.5) is 18.9 Å². The molecule has 0 saturated carbocycles. The highest BCUT2D eigenvalue weighted by Crippen LogP contribution is 2.25. The molecule has 0 aromatic heterocycles. The van der Waals surface area contributed by atoms with Gasteiger partial charge in [0.05, 0.1) is 10.6 Å². The fraction of sp³-hybridized carbons (Fsp3) is 0.429. The lowest BCUT2D eigenvalue weighted by molar-refractivity contribution is -0.184. The van der Waals surface area contributed by atoms with Crippen LogP contribution in [-0.2, 0) is 26.0 Å². The molecule has 0 aliphatic carbocycles. The van der Waals surface area contributed by atoms with Gasteiger partial charge < -0.3 is 10.2 Å². The Morgan fingerprint density at radius 2 is 1.83 bits per heavy atom. The van der Waals surface area contributed by atoms with Crippen LogP contribution in [0.15, 0.2) is 23.1 Å². The molecule has 1 aromatic rings. The lowest BCUT2D eigenvalue weighted by Crippen LogP contribution is -2.38. The highest BCUT2D eigenvalue weighted by atomic mass is 32.2. The molecule has 6 nitrogen and oxygen atoms in total. The summed E-state index contributed by atoms with van der Waals surface area (Å²) in [6, 6.07) is 3.77. The molecule has 0 unspecified atom stereocenters. The summed E-state index contributed by atoms with van der Waals surface area (Å²) in [5.74, 6) is -2.77. The normalized spacial score (nSPS) is 11.9. The van der Waals surface area contributed by atoms with Gasteiger partial charge in [-0.05, 0) is 23.8 Å². The van der Waals surface area contributed by atoms with Crippen LogP contribution < -0.4 is 5.32 Å². The number of amides is 2. The van der Waals surface area contributed by atoms with Crippen LogP contribution in [0.3, 0.4) is 0 Å². The summed E-state index contributed by atoms with van der Waals surface area (Å²) in [4.78, 5) is 22.5. The molecule has 1 rings (SSSR count). The maximum Gasteiger partial charge on any atom is 0.471 e. The number of benzene rings is 1. The summed E-state index contributed by atoms with van der Waals surface area (Å²) in [6.07, 6.45) is -5.06. The Morgan fingerprint density at radius 3 is 2.29 bits per heavy atom. The Kier molecular flexibility index (Phi) is 5.99. The van der Waals surface area contributed by atoms with Crippen LogP contribution in [0.5, 0.6) is 0 Å². The molecule has 0 bridgehead atoms. The van der Waals surface area contributed by atoms with Crippen LogP contribution in [0.25, 0.3) is 0 Å². The van der Waals surface area contributed by atoms with Gasteiger partial charge >= 0.3 is 12.1 Å². The number of anilines is 1. The van der Waals surface area contributed by atoms with Crippen molar-refractivity contribution in [3.63, 3.8) is 0 Å². The van der Waals surface area contributed by atoms with Gasteiger partial charge in [0.1, 0.15) is 0 Å². The monoisotopic (exact) mass is 366 g/mol. The van der Waals surface area contributed by atoms with E-state index in [0.717, 1.165) is 7.05 Å². The lowest BCUT2D eigenvalue weighted by Gasteiger charge is -2.21. The van der Waals surface area contributed by atoms with Crippen LogP contribution >= 0.6 is 0 Å². The number of hydrogen-bond donors (Lipinski definition) is 1. The van der Waals surface area contributed by atoms with Gasteiger partial charge in [0.25, 0.3) is 0 Å². The number of rotatable bonds is 5. The second kappa shape index (κ2) is 7.20. The van der Waals surface area contributed by atoms with Crippen LogP contribution in [-0.4, -0.2) is 44.1 Å². The van der Waals surface area contributed by atoms with Crippen LogP contribution in [0, 0.1) is 0 Å². The van der Waals surface area contributed by atoms with Crippen molar-refractivity contribution < 1.29 is 31.2 Å². The number of nitrogens with one attached hydrogen (secondary N) is 1. The van der Waals surface area contributed by atoms with E-state index in [1.165, 1.54) is 32.0 Å². The molecular formula is C14H17F3N2O4S. The maximum absolute atomic E-state index is 12.5. The predicted octanol–water partition coefficient (Wildman–Crippen LogP) is 1.96. The fourth-order valence-corrected chi connectivity index (χ4v) is 3.10. The van der Waals surface area contributed by atoms with E-state index >= 15 is 0 Å². The third kappa shape index (κ3) is 4.95. The van der Waals surface area contributed by atoms with Gasteiger partial charge in [-0.25, -0.2) is 8.42 Å². The summed E-state index contributed by atoms with van der Waals surface area (Å²) in [6.45, 7) is 2.06. The molecule has 0 radical (unpaired) electrons. The second-order valence-electron chi connectivity index (χ2n) is 5.07. The predicted molar refractivity (Wildman–Crippen MR) is 81.0 cm³/mol. The van der Waals surface area contributed by atoms with Gasteiger partial charge in [0.15, 0.2) is 9.84 Å². The Balaban J connectivity index is 3.30. The SMILES string of the molecule is CCS(=O)(=O)c1ccc(NC(C)=O)cc1CN(C)C(=O)C(F)(F)F. The minimum Gasteiger partial charge on any atom is -0.334 e. The summed E-state index contributed by atoms with van der Waals surface area (Å²) in [5.41, 5.74) is 0.212. The van der Waals surface area contributed by atoms with Gasteiger partial charge in [-0.15, -0.1) is 0 Å². The number of carbonyl (C=O) groups excluding carboxylic acids is 2. The first-order chi connectivity index (χ1) is 10.9. The Morgan fingerprint density at radius 1 is 1.25 bits per heavy atom. The molecule has 0 atom stereocenters. The number of sulfone groups is 1. The molecule has 24 heavy (non-hydrogen) atoms. The summed E-state index contributed by atoms with van der Waals surface area (Å²) in [7, 11) is -2.79. The Labute approximate surface area is 137 Å². The number of hydrogen-bond acceptors (Lipinski definition) is 4. The molecule has 0 aliphatic rings. The van der Waals surface area contributed by atoms with Crippen molar-refractivity contribution in [1.29, 1.82) is 0 Å². The quantitative estimate of drug-likeness (QED) is 0.863. The summed E-state index contributed by atoms with van der Waals surface area (Å²) in [5, 5.41) is 2.42. The number of carbonyl (C=O) groups is 2. The van der Waals surface area contributed by atoms with E-state index in [2.05, 4.69) is 5.32 Å². The van der Waals surface area contributed by atoms with Gasteiger partial charge in [0.2, 0.25) is 5.91 Å². The van der Waals surface area contributed by atoms with E-state index in [0.29, 0.717) is 4.90 Å². The fourth-order valence-electron chi connectivity index (χ4n) is 1.99. The lowest BCUT2D eigenvalue weighted by atomic mass is 10.2. The van der Waals surface area contributed by atoms with Crippen LogP contribution in [0.1, 0.15) is 19.4 Å². The largest absolute Gasteiger partial charge is 0.471 e. The zero-order chi connectivity index (χ0) is 18.7. The molecule has 1 N–H and O–H groups in total. The molecule has 134 valence electrons. The van der Waals surface area contributed by atoms with Crippen molar-refractivity contribution in [1.82, 2.24) is 4.90 Å². The number of nitrogens with zero attached hydrogens (tertiary/aromatic N) is 1. The molecular weight excluding hydrogens is 349 g/mol. The first kappa shape index (κ1) is 19.9. The van der Waals surface area contributed by atoms with Crippen molar-refractivity contribution in [3.05, 3.63) is 23.8 Å². The van der Waals surface area contributed by atoms with E-state index in [9.17, 15) is 31.2 Å². The minimum atomic E-state index is -5.06. The molecule has 0 spiro atoms. The first-order valence-corrected chi connectivity index (χ1v) is 8.49. The average molecular weight is 366 g/mol. The number of halogens is 3. The van der Waals surface area contributed by atoms with E-state index in [1.54, 1.807) is 0 Å². The van der Waals surface area contributed by atoms with E-state index in [1.807, 2.05) is 0 Å². The summed E-state index contributed by atoms with van der Waals surface area (Å²) >= 11 is 0. The van der Waals surface area contributed by atoms with Gasteiger partial charge in [-0.2, -0.15) is 13.2 Å². The van der Waals surface area contributed by atoms with Gasteiger partial charge in [-0.1, -0.05) is 6.92 Å². The zero-order valence-electron chi connectivity index (χ0n) is 13.3. The Bertz CT molecular complexity index is 745. The van der Waals surface area contributed by atoms with Crippen molar-refractivity contribution >= 4 is 27.3 Å². The highest BCUT2D eigenvalue weighted by Gasteiger charge is 2.41. The third-order valence-electron chi connectivity index (χ3n) is 3.09. The second-order valence-corrected chi connectivity index (χ2v) is 7.31. The van der Waals surface area contributed by atoms with E-state index in [4.69, 9.17) is 0 Å². The number of alkyl halides is 3. The Hall–Kier alpha value is -2.10. The van der Waals surface area contributed by atoms with Crippen molar-refractivity contribution in [2.45, 2.75) is 31.5 Å². The van der Waals surface area contributed by atoms with Crippen LogP contribution in [0.2, 0.25) is 0 Å². The molecule has 0 saturated heterocycles. The van der Waals surface area contributed by atoms with E-state index < -0.39 is 34.4 Å². The standard InChI is InChI=1S/C14H17F3N2O4S/c1-4-24(22,23)12-6-5-11(18-9(2)20)7-10(12)8-19(3)13(21)14(15,16)17/h5-7H,4,8H2,1-3H3,(H,18,20). The minimum absolute atomic E-state index is 0.0109. The van der Waals surface area contributed by atoms with Gasteiger partial charge in [0, 0.05) is 26.2 Å². The van der Waals surface area contributed by atoms with Crippen molar-refractivity contribution in [2.75, 3.05) is 18.1 Å². The molecule has 0 fully saturated rings. The first-order valence-electron chi connectivity index (χ1n) is 6.84. The summed E-state index contributed by atoms with van der Waals surface area (Å²) < 4.78 is 61.6. The molecule has 10 heteroatoms. The van der Waals surface area contributed by atoms with Crippen molar-refractivity contribution in [2.24, 2.45) is 0 Å². The van der Waals surface area contributed by atoms with Crippen molar-refractivity contribution in [3.8, 4) is 0 Å². The molecule has 0 aliphatic heterocycles. The van der Waals surface area contributed by atoms with E-state index in [-0.39, 0.29) is 21.9 Å². The topological polar surface area (TPSA) is 83.6 Å². The molecule has 0 heterocycles. The van der Waals surface area contributed by atoms with Gasteiger partial charge in [-0.3, -0.25) is 9.59 Å². The zero-order valence-corrected chi connectivity index (χ0v) is 14.1. The highest BCUT2D eigenvalue weighted by molar-refractivity contribution is 7.91.